The first-order valence-corrected chi connectivity index (χ1v) is 21.0. The van der Waals surface area contributed by atoms with E-state index in [1.54, 1.807) is 38.2 Å². The largest absolute Gasteiger partial charge is 0.497 e. The van der Waals surface area contributed by atoms with Gasteiger partial charge in [0.05, 0.1) is 92.7 Å². The Labute approximate surface area is 375 Å². The van der Waals surface area contributed by atoms with Crippen molar-refractivity contribution in [1.82, 2.24) is 14.8 Å². The van der Waals surface area contributed by atoms with Crippen LogP contribution in [0.25, 0.3) is 0 Å². The summed E-state index contributed by atoms with van der Waals surface area (Å²) in [6, 6.07) is 36.0. The number of ether oxygens (including phenoxy) is 10. The van der Waals surface area contributed by atoms with E-state index in [-0.39, 0.29) is 26.4 Å². The maximum Gasteiger partial charge on any atom is 0.410 e. The first-order chi connectivity index (χ1) is 31.3. The fourth-order valence-corrected chi connectivity index (χ4v) is 6.38. The molecule has 4 aromatic carbocycles. The van der Waals surface area contributed by atoms with Crippen LogP contribution >= 0.6 is 0 Å². The highest BCUT2D eigenvalue weighted by Gasteiger charge is 2.19. The number of pyridine rings is 1. The number of nitrogens with zero attached hydrogens (tertiary/aromatic N) is 3. The third-order valence-electron chi connectivity index (χ3n) is 9.56. The molecule has 0 saturated carbocycles. The number of hydrogen-bond acceptors (Lipinski definition) is 13. The van der Waals surface area contributed by atoms with Gasteiger partial charge in [-0.3, -0.25) is 14.8 Å². The summed E-state index contributed by atoms with van der Waals surface area (Å²) in [5.41, 5.74) is 5.15. The van der Waals surface area contributed by atoms with E-state index in [1.807, 2.05) is 115 Å². The summed E-state index contributed by atoms with van der Waals surface area (Å²) in [4.78, 5) is 34.2. The summed E-state index contributed by atoms with van der Waals surface area (Å²) < 4.78 is 55.5. The van der Waals surface area contributed by atoms with Crippen LogP contribution in [-0.4, -0.2) is 108 Å². The summed E-state index contributed by atoms with van der Waals surface area (Å²) in [5, 5.41) is 0. The smallest absolute Gasteiger partial charge is 0.410 e. The summed E-state index contributed by atoms with van der Waals surface area (Å²) in [6.07, 6.45) is -0.922. The SMILES string of the molecule is COc1cccc(CN(Cc2cccc(OC)c2)C(=O)OCCOCCOCc2cccc(COCCOCCOC(=O)N(Cc3cccc(OC)c3)Cc3cccc(OC)c3)n2)c1. The molecule has 0 aliphatic heterocycles. The topological polar surface area (TPSA) is 146 Å². The first-order valence-electron chi connectivity index (χ1n) is 21.0. The van der Waals surface area contributed by atoms with Crippen molar-refractivity contribution in [3.63, 3.8) is 0 Å². The van der Waals surface area contributed by atoms with E-state index in [1.165, 1.54) is 0 Å². The van der Waals surface area contributed by atoms with Crippen molar-refractivity contribution in [2.24, 2.45) is 0 Å². The molecular formula is C49H59N3O12. The Morgan fingerprint density at radius 1 is 0.406 bits per heavy atom. The summed E-state index contributed by atoms with van der Waals surface area (Å²) in [7, 11) is 6.43. The third-order valence-corrected chi connectivity index (χ3v) is 9.56. The van der Waals surface area contributed by atoms with Crippen LogP contribution in [0.15, 0.2) is 115 Å². The lowest BCUT2D eigenvalue weighted by atomic mass is 10.1. The van der Waals surface area contributed by atoms with Crippen LogP contribution in [0.3, 0.4) is 0 Å². The lowest BCUT2D eigenvalue weighted by molar-refractivity contribution is 0.0147. The van der Waals surface area contributed by atoms with Gasteiger partial charge >= 0.3 is 12.2 Å². The minimum atomic E-state index is -0.461. The van der Waals surface area contributed by atoms with Crippen molar-refractivity contribution in [2.75, 3.05) is 81.3 Å². The maximum atomic E-state index is 13.2. The molecule has 64 heavy (non-hydrogen) atoms. The maximum absolute atomic E-state index is 13.2. The number of hydrogen-bond donors (Lipinski definition) is 0. The molecule has 0 bridgehead atoms. The molecule has 5 aromatic rings. The standard InChI is InChI=1S/C49H59N3O12/c1-55-44-16-5-10-38(28-44)32-51(33-39-11-6-17-45(29-39)56-2)48(53)63-26-24-59-20-22-61-36-42-14-9-15-43(50-42)37-62-23-21-60-25-27-64-49(54)52(34-40-12-7-18-46(30-40)57-3)35-41-13-8-19-47(31-41)58-4/h5-19,28-31H,20-27,32-37H2,1-4H3. The van der Waals surface area contributed by atoms with Crippen LogP contribution < -0.4 is 18.9 Å². The van der Waals surface area contributed by atoms with Gasteiger partial charge < -0.3 is 47.4 Å². The Morgan fingerprint density at radius 3 is 1.03 bits per heavy atom. The van der Waals surface area contributed by atoms with Gasteiger partial charge in [0.2, 0.25) is 0 Å². The predicted octanol–water partition coefficient (Wildman–Crippen LogP) is 7.86. The molecule has 0 aliphatic rings. The second-order valence-electron chi connectivity index (χ2n) is 14.3. The van der Waals surface area contributed by atoms with Gasteiger partial charge in [0.1, 0.15) is 36.2 Å². The molecule has 0 fully saturated rings. The average molecular weight is 882 g/mol. The van der Waals surface area contributed by atoms with E-state index < -0.39 is 12.2 Å². The van der Waals surface area contributed by atoms with E-state index in [0.717, 1.165) is 33.6 Å². The first kappa shape index (κ1) is 48.6. The number of carbonyl (C=O) groups is 2. The zero-order valence-electron chi connectivity index (χ0n) is 37.1. The van der Waals surface area contributed by atoms with Crippen molar-refractivity contribution < 1.29 is 57.0 Å². The minimum absolute atomic E-state index is 0.0873. The Hall–Kier alpha value is -6.39. The van der Waals surface area contributed by atoms with Crippen LogP contribution in [0.4, 0.5) is 9.59 Å². The van der Waals surface area contributed by atoms with Crippen molar-refractivity contribution in [2.45, 2.75) is 39.4 Å². The molecule has 0 saturated heterocycles. The Kier molecular flexibility index (Phi) is 21.0. The molecule has 0 spiro atoms. The van der Waals surface area contributed by atoms with Crippen LogP contribution in [-0.2, 0) is 67.8 Å². The number of aromatic nitrogens is 1. The number of methoxy groups -OCH3 is 4. The van der Waals surface area contributed by atoms with Gasteiger partial charge in [-0.05, 0) is 82.9 Å². The number of carbonyl (C=O) groups excluding carboxylic acids is 2. The Balaban J connectivity index is 0.935. The monoisotopic (exact) mass is 881 g/mol. The van der Waals surface area contributed by atoms with E-state index in [4.69, 9.17) is 47.4 Å². The molecule has 0 N–H and O–H groups in total. The van der Waals surface area contributed by atoms with E-state index in [0.29, 0.717) is 88.8 Å². The van der Waals surface area contributed by atoms with Crippen LogP contribution in [0.1, 0.15) is 33.6 Å². The molecule has 0 aliphatic carbocycles. The quantitative estimate of drug-likeness (QED) is 0.0450. The fourth-order valence-electron chi connectivity index (χ4n) is 6.38. The molecule has 1 heterocycles. The molecule has 1 aromatic heterocycles. The van der Waals surface area contributed by atoms with Crippen molar-refractivity contribution in [1.29, 1.82) is 0 Å². The lowest BCUT2D eigenvalue weighted by Crippen LogP contribution is -2.31. The van der Waals surface area contributed by atoms with Gasteiger partial charge in [-0.1, -0.05) is 54.6 Å². The number of benzene rings is 4. The molecule has 5 rings (SSSR count). The van der Waals surface area contributed by atoms with E-state index in [2.05, 4.69) is 4.98 Å². The third kappa shape index (κ3) is 17.4. The predicted molar refractivity (Wildman–Crippen MR) is 238 cm³/mol. The summed E-state index contributed by atoms with van der Waals surface area (Å²) >= 11 is 0. The van der Waals surface area contributed by atoms with Gasteiger partial charge in [-0.2, -0.15) is 0 Å². The van der Waals surface area contributed by atoms with Crippen molar-refractivity contribution in [3.05, 3.63) is 149 Å². The second-order valence-corrected chi connectivity index (χ2v) is 14.3. The molecule has 15 heteroatoms. The van der Waals surface area contributed by atoms with Crippen molar-refractivity contribution >= 4 is 12.2 Å². The van der Waals surface area contributed by atoms with Gasteiger partial charge in [0, 0.05) is 26.2 Å². The highest BCUT2D eigenvalue weighted by Crippen LogP contribution is 2.21. The molecule has 15 nitrogen and oxygen atoms in total. The Bertz CT molecular complexity index is 1910. The fraction of sp³-hybridized carbons (Fsp3) is 0.367. The molecule has 2 amide bonds. The van der Waals surface area contributed by atoms with Gasteiger partial charge in [0.15, 0.2) is 0 Å². The Morgan fingerprint density at radius 2 is 0.703 bits per heavy atom. The molecule has 0 unspecified atom stereocenters. The van der Waals surface area contributed by atoms with Crippen LogP contribution in [0.2, 0.25) is 0 Å². The second kappa shape index (κ2) is 27.6. The molecule has 342 valence electrons. The highest BCUT2D eigenvalue weighted by atomic mass is 16.6. The van der Waals surface area contributed by atoms with Crippen LogP contribution in [0, 0.1) is 0 Å². The molecular weight excluding hydrogens is 823 g/mol. The number of rotatable bonds is 28. The highest BCUT2D eigenvalue weighted by molar-refractivity contribution is 5.68. The number of amides is 2. The lowest BCUT2D eigenvalue weighted by Gasteiger charge is -2.23. The van der Waals surface area contributed by atoms with Gasteiger partial charge in [0.25, 0.3) is 0 Å². The zero-order chi connectivity index (χ0) is 45.2. The normalized spacial score (nSPS) is 10.8. The van der Waals surface area contributed by atoms with Gasteiger partial charge in [-0.25, -0.2) is 9.59 Å². The van der Waals surface area contributed by atoms with Crippen molar-refractivity contribution in [3.8, 4) is 23.0 Å². The molecule has 0 radical (unpaired) electrons. The minimum Gasteiger partial charge on any atom is -0.497 e. The van der Waals surface area contributed by atoms with Gasteiger partial charge in [-0.15, -0.1) is 0 Å². The zero-order valence-corrected chi connectivity index (χ0v) is 37.1. The summed E-state index contributed by atoms with van der Waals surface area (Å²) in [5.74, 6) is 2.84. The van der Waals surface area contributed by atoms with E-state index in [9.17, 15) is 9.59 Å². The average Bonchev–Trinajstić information content (AvgIpc) is 3.33. The molecule has 0 atom stereocenters. The van der Waals surface area contributed by atoms with Crippen LogP contribution in [0.5, 0.6) is 23.0 Å². The summed E-state index contributed by atoms with van der Waals surface area (Å²) in [6.45, 7) is 3.85. The van der Waals surface area contributed by atoms with E-state index >= 15 is 0 Å².